The third kappa shape index (κ3) is 4.59. The first-order valence-corrected chi connectivity index (χ1v) is 10.2. The Bertz CT molecular complexity index is 1170. The van der Waals surface area contributed by atoms with Crippen LogP contribution in [0.3, 0.4) is 0 Å². The second kappa shape index (κ2) is 8.68. The van der Waals surface area contributed by atoms with Gasteiger partial charge in [-0.15, -0.1) is 0 Å². The summed E-state index contributed by atoms with van der Waals surface area (Å²) in [7, 11) is 4.82. The lowest BCUT2D eigenvalue weighted by Crippen LogP contribution is -2.23. The molecule has 0 bridgehead atoms. The lowest BCUT2D eigenvalue weighted by molar-refractivity contribution is -0.138. The fourth-order valence-corrected chi connectivity index (χ4v) is 3.85. The van der Waals surface area contributed by atoms with E-state index in [0.29, 0.717) is 23.0 Å². The third-order valence-electron chi connectivity index (χ3n) is 5.59. The van der Waals surface area contributed by atoms with Crippen molar-refractivity contribution in [2.45, 2.75) is 25.1 Å². The molecule has 7 nitrogen and oxygen atoms in total. The zero-order valence-electron chi connectivity index (χ0n) is 18.3. The maximum atomic E-state index is 13.6. The average molecular weight is 460 g/mol. The largest absolute Gasteiger partial charge is 0.493 e. The SMILES string of the molecule is COc1cc([C@@H]2CC(=O)Nc3[nH]ncc32)ccc1OCc1ccc(N(C)C)cc1C(F)(F)F. The number of nitrogens with zero attached hydrogens (tertiary/aromatic N) is 2. The number of carbonyl (C=O) groups is 1. The quantitative estimate of drug-likeness (QED) is 0.564. The summed E-state index contributed by atoms with van der Waals surface area (Å²) in [6.45, 7) is -0.282. The number of rotatable bonds is 6. The van der Waals surface area contributed by atoms with Gasteiger partial charge < -0.3 is 19.7 Å². The molecule has 0 aliphatic carbocycles. The Morgan fingerprint density at radius 1 is 1.15 bits per heavy atom. The molecule has 33 heavy (non-hydrogen) atoms. The molecule has 2 aromatic carbocycles. The van der Waals surface area contributed by atoms with Crippen LogP contribution in [-0.4, -0.2) is 37.3 Å². The van der Waals surface area contributed by atoms with Crippen molar-refractivity contribution in [3.63, 3.8) is 0 Å². The molecule has 2 N–H and O–H groups in total. The fourth-order valence-electron chi connectivity index (χ4n) is 3.85. The van der Waals surface area contributed by atoms with Crippen molar-refractivity contribution in [1.29, 1.82) is 0 Å². The van der Waals surface area contributed by atoms with E-state index in [2.05, 4.69) is 15.5 Å². The number of alkyl halides is 3. The Labute approximate surface area is 188 Å². The van der Waals surface area contributed by atoms with Crippen LogP contribution in [0.25, 0.3) is 0 Å². The van der Waals surface area contributed by atoms with Crippen LogP contribution in [0.2, 0.25) is 0 Å². The molecular formula is C23H23F3N4O3. The van der Waals surface area contributed by atoms with Gasteiger partial charge in [0.25, 0.3) is 0 Å². The Kier molecular flexibility index (Phi) is 5.92. The van der Waals surface area contributed by atoms with Gasteiger partial charge in [-0.3, -0.25) is 9.89 Å². The van der Waals surface area contributed by atoms with Crippen LogP contribution < -0.4 is 19.7 Å². The van der Waals surface area contributed by atoms with Crippen LogP contribution in [0.1, 0.15) is 34.6 Å². The van der Waals surface area contributed by atoms with E-state index in [1.807, 2.05) is 0 Å². The number of fused-ring (bicyclic) bond motifs is 1. The molecule has 0 saturated carbocycles. The molecule has 3 aromatic rings. The van der Waals surface area contributed by atoms with Crippen molar-refractivity contribution in [3.8, 4) is 11.5 Å². The lowest BCUT2D eigenvalue weighted by atomic mass is 9.87. The monoisotopic (exact) mass is 460 g/mol. The van der Waals surface area contributed by atoms with Crippen LogP contribution in [0.15, 0.2) is 42.6 Å². The number of benzene rings is 2. The van der Waals surface area contributed by atoms with E-state index >= 15 is 0 Å². The Morgan fingerprint density at radius 3 is 2.64 bits per heavy atom. The number of H-pyrrole nitrogens is 1. The highest BCUT2D eigenvalue weighted by Gasteiger charge is 2.34. The molecule has 1 aliphatic heterocycles. The number of anilines is 2. The molecule has 174 valence electrons. The van der Waals surface area contributed by atoms with Gasteiger partial charge in [-0.2, -0.15) is 18.3 Å². The third-order valence-corrected chi connectivity index (χ3v) is 5.59. The molecule has 0 spiro atoms. The normalized spacial score (nSPS) is 15.6. The van der Waals surface area contributed by atoms with E-state index in [0.717, 1.165) is 17.2 Å². The second-order valence-corrected chi connectivity index (χ2v) is 7.94. The van der Waals surface area contributed by atoms with Gasteiger partial charge in [0, 0.05) is 43.2 Å². The van der Waals surface area contributed by atoms with Crippen molar-refractivity contribution in [1.82, 2.24) is 10.2 Å². The summed E-state index contributed by atoms with van der Waals surface area (Å²) < 4.78 is 52.0. The number of amides is 1. The van der Waals surface area contributed by atoms with Crippen LogP contribution in [0.4, 0.5) is 24.7 Å². The summed E-state index contributed by atoms with van der Waals surface area (Å²) in [6, 6.07) is 9.29. The summed E-state index contributed by atoms with van der Waals surface area (Å²) in [4.78, 5) is 13.7. The summed E-state index contributed by atoms with van der Waals surface area (Å²) in [5, 5.41) is 9.49. The predicted molar refractivity (Wildman–Crippen MR) is 117 cm³/mol. The fraction of sp³-hybridized carbons (Fsp3) is 0.304. The zero-order valence-corrected chi connectivity index (χ0v) is 18.3. The van der Waals surface area contributed by atoms with Crippen molar-refractivity contribution >= 4 is 17.4 Å². The van der Waals surface area contributed by atoms with Gasteiger partial charge in [-0.25, -0.2) is 0 Å². The van der Waals surface area contributed by atoms with Gasteiger partial charge in [0.15, 0.2) is 11.5 Å². The maximum Gasteiger partial charge on any atom is 0.416 e. The minimum Gasteiger partial charge on any atom is -0.493 e. The van der Waals surface area contributed by atoms with Crippen molar-refractivity contribution in [3.05, 3.63) is 64.8 Å². The van der Waals surface area contributed by atoms with E-state index in [1.165, 1.54) is 13.2 Å². The van der Waals surface area contributed by atoms with Gasteiger partial charge in [-0.05, 0) is 29.8 Å². The first-order chi connectivity index (χ1) is 15.7. The highest BCUT2D eigenvalue weighted by atomic mass is 19.4. The number of ether oxygens (including phenoxy) is 2. The molecule has 0 saturated heterocycles. The topological polar surface area (TPSA) is 79.5 Å². The first kappa shape index (κ1) is 22.5. The predicted octanol–water partition coefficient (Wildman–Crippen LogP) is 4.56. The van der Waals surface area contributed by atoms with E-state index in [4.69, 9.17) is 9.47 Å². The lowest BCUT2D eigenvalue weighted by Gasteiger charge is -2.23. The van der Waals surface area contributed by atoms with E-state index in [-0.39, 0.29) is 30.4 Å². The number of halogens is 3. The number of hydrogen-bond acceptors (Lipinski definition) is 5. The molecule has 1 amide bonds. The average Bonchev–Trinajstić information content (AvgIpc) is 3.24. The first-order valence-electron chi connectivity index (χ1n) is 10.2. The van der Waals surface area contributed by atoms with Crippen LogP contribution in [0.5, 0.6) is 11.5 Å². The van der Waals surface area contributed by atoms with E-state index in [9.17, 15) is 18.0 Å². The van der Waals surface area contributed by atoms with Gasteiger partial charge in [0.2, 0.25) is 5.91 Å². The minimum absolute atomic E-state index is 0.0196. The highest BCUT2D eigenvalue weighted by Crippen LogP contribution is 2.40. The number of nitrogens with one attached hydrogen (secondary N) is 2. The number of aromatic nitrogens is 2. The van der Waals surface area contributed by atoms with Gasteiger partial charge in [-0.1, -0.05) is 12.1 Å². The zero-order chi connectivity index (χ0) is 23.8. The highest BCUT2D eigenvalue weighted by molar-refractivity contribution is 5.94. The van der Waals surface area contributed by atoms with Crippen molar-refractivity contribution < 1.29 is 27.4 Å². The molecule has 0 fully saturated rings. The molecule has 1 aliphatic rings. The molecule has 1 atom stereocenters. The number of aromatic amines is 1. The van der Waals surface area contributed by atoms with Crippen LogP contribution in [0, 0.1) is 0 Å². The smallest absolute Gasteiger partial charge is 0.416 e. The van der Waals surface area contributed by atoms with Crippen molar-refractivity contribution in [2.24, 2.45) is 0 Å². The maximum absolute atomic E-state index is 13.6. The summed E-state index contributed by atoms with van der Waals surface area (Å²) >= 11 is 0. The van der Waals surface area contributed by atoms with Gasteiger partial charge >= 0.3 is 6.18 Å². The molecule has 10 heteroatoms. The molecule has 0 radical (unpaired) electrons. The molecule has 2 heterocycles. The Balaban J connectivity index is 1.59. The number of hydrogen-bond donors (Lipinski definition) is 2. The number of carbonyl (C=O) groups excluding carboxylic acids is 1. The van der Waals surface area contributed by atoms with Crippen LogP contribution in [-0.2, 0) is 17.6 Å². The number of methoxy groups -OCH3 is 1. The Hall–Kier alpha value is -3.69. The van der Waals surface area contributed by atoms with E-state index < -0.39 is 11.7 Å². The Morgan fingerprint density at radius 2 is 1.94 bits per heavy atom. The summed E-state index contributed by atoms with van der Waals surface area (Å²) in [6.07, 6.45) is -2.61. The summed E-state index contributed by atoms with van der Waals surface area (Å²) in [5.41, 5.74) is 1.38. The van der Waals surface area contributed by atoms with Gasteiger partial charge in [0.1, 0.15) is 12.4 Å². The van der Waals surface area contributed by atoms with Crippen LogP contribution >= 0.6 is 0 Å². The minimum atomic E-state index is -4.51. The molecule has 1 aromatic heterocycles. The van der Waals surface area contributed by atoms with Gasteiger partial charge in [0.05, 0.1) is 18.9 Å². The molecular weight excluding hydrogens is 437 g/mol. The summed E-state index contributed by atoms with van der Waals surface area (Å²) in [5.74, 6) is 0.847. The molecule has 0 unspecified atom stereocenters. The molecule has 4 rings (SSSR count). The van der Waals surface area contributed by atoms with E-state index in [1.54, 1.807) is 49.5 Å². The standard InChI is InChI=1S/C23H23F3N4O3/c1-30(2)15-6-4-14(18(9-15)23(24,25)26)12-33-19-7-5-13(8-20(19)32-3)16-10-21(31)28-22-17(16)11-27-29-22/h4-9,11,16H,10,12H2,1-3H3,(H2,27,28,29,31)/t16-/m0/s1. The second-order valence-electron chi connectivity index (χ2n) is 7.94. The van der Waals surface area contributed by atoms with Crippen molar-refractivity contribution in [2.75, 3.05) is 31.4 Å².